The number of H-pyrrole nitrogens is 1. The van der Waals surface area contributed by atoms with E-state index in [1.807, 2.05) is 43.3 Å². The largest absolute Gasteiger partial charge is 0.362 e. The second-order valence-corrected chi connectivity index (χ2v) is 7.20. The summed E-state index contributed by atoms with van der Waals surface area (Å²) >= 11 is 8.84. The molecular formula is C18H19BrN6S. The van der Waals surface area contributed by atoms with Crippen LogP contribution in [0.5, 0.6) is 0 Å². The highest BCUT2D eigenvalue weighted by Crippen LogP contribution is 2.17. The van der Waals surface area contributed by atoms with Gasteiger partial charge in [0, 0.05) is 35.0 Å². The van der Waals surface area contributed by atoms with E-state index in [2.05, 4.69) is 46.7 Å². The van der Waals surface area contributed by atoms with Crippen molar-refractivity contribution in [2.24, 2.45) is 0 Å². The fourth-order valence-electron chi connectivity index (χ4n) is 2.53. The molecule has 26 heavy (non-hydrogen) atoms. The topological polar surface area (TPSA) is 78.5 Å². The fraction of sp³-hybridized carbons (Fsp3) is 0.222. The Bertz CT molecular complexity index is 850. The first-order chi connectivity index (χ1) is 12.6. The van der Waals surface area contributed by atoms with Crippen LogP contribution in [0.2, 0.25) is 0 Å². The summed E-state index contributed by atoms with van der Waals surface area (Å²) in [5, 5.41) is 14.3. The monoisotopic (exact) mass is 430 g/mol. The van der Waals surface area contributed by atoms with Crippen LogP contribution in [0.1, 0.15) is 23.1 Å². The van der Waals surface area contributed by atoms with Crippen molar-refractivity contribution in [3.05, 3.63) is 70.5 Å². The quantitative estimate of drug-likeness (QED) is 0.518. The minimum absolute atomic E-state index is 0.0898. The number of aromatic nitrogens is 4. The number of nitrogens with one attached hydrogen (secondary N) is 3. The Labute approximate surface area is 166 Å². The maximum atomic E-state index is 5.41. The minimum Gasteiger partial charge on any atom is -0.362 e. The van der Waals surface area contributed by atoms with Gasteiger partial charge in [-0.3, -0.25) is 10.1 Å². The van der Waals surface area contributed by atoms with Gasteiger partial charge in [-0.1, -0.05) is 15.9 Å². The van der Waals surface area contributed by atoms with Crippen LogP contribution in [0.15, 0.2) is 53.3 Å². The average Bonchev–Trinajstić information content (AvgIpc) is 3.08. The van der Waals surface area contributed by atoms with Gasteiger partial charge < -0.3 is 10.6 Å². The highest BCUT2D eigenvalue weighted by Gasteiger charge is 2.17. The zero-order valence-corrected chi connectivity index (χ0v) is 16.6. The van der Waals surface area contributed by atoms with Gasteiger partial charge in [0.2, 0.25) is 0 Å². The molecule has 134 valence electrons. The van der Waals surface area contributed by atoms with Crippen molar-refractivity contribution < 1.29 is 0 Å². The van der Waals surface area contributed by atoms with Gasteiger partial charge in [-0.25, -0.2) is 4.98 Å². The number of hydrogen-bond acceptors (Lipinski definition) is 4. The smallest absolute Gasteiger partial charge is 0.170 e. The maximum absolute atomic E-state index is 5.41. The molecule has 0 radical (unpaired) electrons. The van der Waals surface area contributed by atoms with Gasteiger partial charge in [-0.2, -0.15) is 5.10 Å². The van der Waals surface area contributed by atoms with Gasteiger partial charge in [-0.15, -0.1) is 0 Å². The molecule has 2 aromatic heterocycles. The van der Waals surface area contributed by atoms with Crippen molar-refractivity contribution in [2.45, 2.75) is 19.3 Å². The Morgan fingerprint density at radius 2 is 1.92 bits per heavy atom. The highest BCUT2D eigenvalue weighted by atomic mass is 79.9. The summed E-state index contributed by atoms with van der Waals surface area (Å²) in [5.41, 5.74) is 2.12. The summed E-state index contributed by atoms with van der Waals surface area (Å²) in [4.78, 5) is 8.56. The summed E-state index contributed by atoms with van der Waals surface area (Å²) in [6.45, 7) is 2.52. The van der Waals surface area contributed by atoms with Crippen LogP contribution >= 0.6 is 28.1 Å². The van der Waals surface area contributed by atoms with Gasteiger partial charge in [-0.05, 0) is 67.5 Å². The molecule has 3 N–H and O–H groups in total. The van der Waals surface area contributed by atoms with Crippen molar-refractivity contribution in [3.8, 4) is 0 Å². The zero-order chi connectivity index (χ0) is 18.4. The number of nitrogens with zero attached hydrogens (tertiary/aromatic N) is 3. The number of rotatable bonds is 6. The lowest BCUT2D eigenvalue weighted by molar-refractivity contribution is 0.621. The second-order valence-electron chi connectivity index (χ2n) is 5.88. The average molecular weight is 431 g/mol. The molecule has 0 bridgehead atoms. The number of thiocarbonyl (C=S) groups is 1. The summed E-state index contributed by atoms with van der Waals surface area (Å²) in [5.74, 6) is 1.67. The van der Waals surface area contributed by atoms with Crippen LogP contribution < -0.4 is 10.6 Å². The first-order valence-corrected chi connectivity index (χ1v) is 9.38. The standard InChI is InChI=1S/C18H19BrN6S/c1-12-22-17(25-24-12)14(10-13-6-8-20-9-7-13)11-21-18(26)23-16-4-2-15(19)3-5-16/h2-9,14H,10-11H2,1H3,(H2,21,23,26)(H,22,24,25)/t14-/m1/s1. The van der Waals surface area contributed by atoms with E-state index in [4.69, 9.17) is 12.2 Å². The molecule has 0 unspecified atom stereocenters. The Morgan fingerprint density at radius 3 is 2.58 bits per heavy atom. The number of hydrogen-bond donors (Lipinski definition) is 3. The summed E-state index contributed by atoms with van der Waals surface area (Å²) in [6, 6.07) is 11.9. The Morgan fingerprint density at radius 1 is 1.19 bits per heavy atom. The number of halogens is 1. The van der Waals surface area contributed by atoms with Crippen LogP contribution in [0, 0.1) is 6.92 Å². The van der Waals surface area contributed by atoms with Crippen LogP contribution in [-0.2, 0) is 6.42 Å². The molecule has 0 saturated heterocycles. The number of anilines is 1. The number of benzene rings is 1. The molecule has 0 aliphatic heterocycles. The van der Waals surface area contributed by atoms with E-state index in [1.54, 1.807) is 12.4 Å². The summed E-state index contributed by atoms with van der Waals surface area (Å²) < 4.78 is 1.03. The van der Waals surface area contributed by atoms with Gasteiger partial charge in [0.05, 0.1) is 0 Å². The first-order valence-electron chi connectivity index (χ1n) is 8.18. The van der Waals surface area contributed by atoms with E-state index >= 15 is 0 Å². The second kappa shape index (κ2) is 8.86. The van der Waals surface area contributed by atoms with Gasteiger partial charge in [0.1, 0.15) is 5.82 Å². The van der Waals surface area contributed by atoms with E-state index in [1.165, 1.54) is 5.56 Å². The first kappa shape index (κ1) is 18.5. The van der Waals surface area contributed by atoms with Gasteiger partial charge in [0.25, 0.3) is 0 Å². The molecule has 2 heterocycles. The molecule has 1 atom stereocenters. The van der Waals surface area contributed by atoms with Crippen LogP contribution in [0.25, 0.3) is 0 Å². The minimum atomic E-state index is 0.0898. The lowest BCUT2D eigenvalue weighted by atomic mass is 9.99. The Hall–Kier alpha value is -2.32. The van der Waals surface area contributed by atoms with E-state index in [9.17, 15) is 0 Å². The molecule has 0 aliphatic carbocycles. The molecule has 3 rings (SSSR count). The van der Waals surface area contributed by atoms with Crippen molar-refractivity contribution in [1.29, 1.82) is 0 Å². The summed E-state index contributed by atoms with van der Waals surface area (Å²) in [6.07, 6.45) is 4.39. The Kier molecular flexibility index (Phi) is 6.30. The van der Waals surface area contributed by atoms with E-state index in [0.29, 0.717) is 11.7 Å². The summed E-state index contributed by atoms with van der Waals surface area (Å²) in [7, 11) is 0. The number of aryl methyl sites for hydroxylation is 1. The predicted molar refractivity (Wildman–Crippen MR) is 110 cm³/mol. The third-order valence-corrected chi connectivity index (χ3v) is 4.60. The molecule has 8 heteroatoms. The van der Waals surface area contributed by atoms with Crippen molar-refractivity contribution in [2.75, 3.05) is 11.9 Å². The van der Waals surface area contributed by atoms with E-state index in [-0.39, 0.29) is 5.92 Å². The lowest BCUT2D eigenvalue weighted by Crippen LogP contribution is -2.33. The highest BCUT2D eigenvalue weighted by molar-refractivity contribution is 9.10. The number of aromatic amines is 1. The molecule has 0 saturated carbocycles. The molecule has 0 spiro atoms. The molecule has 3 aromatic rings. The molecule has 0 aliphatic rings. The van der Waals surface area contributed by atoms with Crippen molar-refractivity contribution >= 4 is 38.9 Å². The maximum Gasteiger partial charge on any atom is 0.170 e. The van der Waals surface area contributed by atoms with E-state index in [0.717, 1.165) is 28.2 Å². The third-order valence-electron chi connectivity index (χ3n) is 3.82. The van der Waals surface area contributed by atoms with Crippen LogP contribution in [-0.4, -0.2) is 31.8 Å². The number of pyridine rings is 1. The molecule has 0 amide bonds. The van der Waals surface area contributed by atoms with E-state index < -0.39 is 0 Å². The molecule has 6 nitrogen and oxygen atoms in total. The van der Waals surface area contributed by atoms with Gasteiger partial charge >= 0.3 is 0 Å². The van der Waals surface area contributed by atoms with Crippen molar-refractivity contribution in [1.82, 2.24) is 25.5 Å². The van der Waals surface area contributed by atoms with Crippen LogP contribution in [0.3, 0.4) is 0 Å². The zero-order valence-electron chi connectivity index (χ0n) is 14.2. The Balaban J connectivity index is 1.63. The molecule has 0 fully saturated rings. The molecule has 1 aromatic carbocycles. The van der Waals surface area contributed by atoms with Crippen LogP contribution in [0.4, 0.5) is 5.69 Å². The van der Waals surface area contributed by atoms with Crippen molar-refractivity contribution in [3.63, 3.8) is 0 Å². The normalized spacial score (nSPS) is 11.8. The predicted octanol–water partition coefficient (Wildman–Crippen LogP) is 3.58. The fourth-order valence-corrected chi connectivity index (χ4v) is 2.99. The SMILES string of the molecule is Cc1nc([C@@H](CNC(=S)Nc2ccc(Br)cc2)Cc2ccncc2)n[nH]1. The van der Waals surface area contributed by atoms with Gasteiger partial charge in [0.15, 0.2) is 10.9 Å². The molecular weight excluding hydrogens is 412 g/mol. The lowest BCUT2D eigenvalue weighted by Gasteiger charge is -2.17. The third kappa shape index (κ3) is 5.34.